The van der Waals surface area contributed by atoms with Crippen molar-refractivity contribution in [2.45, 2.75) is 58.0 Å². The molecule has 3 rings (SSSR count). The fourth-order valence-corrected chi connectivity index (χ4v) is 4.61. The number of rotatable bonds is 3. The van der Waals surface area contributed by atoms with Gasteiger partial charge in [-0.1, -0.05) is 6.42 Å². The van der Waals surface area contributed by atoms with Gasteiger partial charge in [-0.25, -0.2) is 4.79 Å². The van der Waals surface area contributed by atoms with Gasteiger partial charge in [0.2, 0.25) is 5.91 Å². The van der Waals surface area contributed by atoms with Gasteiger partial charge in [-0.05, 0) is 45.4 Å². The largest absolute Gasteiger partial charge is 0.481 e. The first-order valence-corrected chi connectivity index (χ1v) is 8.94. The zero-order valence-electron chi connectivity index (χ0n) is 14.5. The van der Waals surface area contributed by atoms with Gasteiger partial charge >= 0.3 is 12.0 Å². The maximum absolute atomic E-state index is 13.0. The third kappa shape index (κ3) is 2.74. The van der Waals surface area contributed by atoms with Gasteiger partial charge in [0, 0.05) is 25.7 Å². The van der Waals surface area contributed by atoms with Crippen LogP contribution in [0.5, 0.6) is 0 Å². The number of carbonyl (C=O) groups excluding carboxylic acids is 2. The number of nitrogens with zero attached hydrogens (tertiary/aromatic N) is 2. The Kier molecular flexibility index (Phi) is 4.44. The Morgan fingerprint density at radius 2 is 1.96 bits per heavy atom. The number of carboxylic acids is 1. The Balaban J connectivity index is 1.70. The van der Waals surface area contributed by atoms with Crippen molar-refractivity contribution in [3.63, 3.8) is 0 Å². The summed E-state index contributed by atoms with van der Waals surface area (Å²) in [4.78, 5) is 40.3. The minimum atomic E-state index is -0.777. The maximum Gasteiger partial charge on any atom is 0.318 e. The lowest BCUT2D eigenvalue weighted by atomic mass is 9.81. The van der Waals surface area contributed by atoms with Crippen molar-refractivity contribution in [1.29, 1.82) is 0 Å². The number of nitrogens with one attached hydrogen (secondary N) is 1. The SMILES string of the molecule is CC(C)NC(=O)N1CCC[C@H]1C(=O)N1C[C@@H]2CCC[C@@]2(C(=O)O)C1. The molecule has 2 aliphatic heterocycles. The summed E-state index contributed by atoms with van der Waals surface area (Å²) in [5, 5.41) is 12.5. The summed E-state index contributed by atoms with van der Waals surface area (Å²) in [6.07, 6.45) is 3.91. The minimum Gasteiger partial charge on any atom is -0.481 e. The van der Waals surface area contributed by atoms with Gasteiger partial charge in [0.25, 0.3) is 0 Å². The lowest BCUT2D eigenvalue weighted by Gasteiger charge is -2.29. The number of hydrogen-bond donors (Lipinski definition) is 2. The summed E-state index contributed by atoms with van der Waals surface area (Å²) in [6, 6.07) is -0.628. The number of urea groups is 1. The normalized spacial score (nSPS) is 32.3. The Hall–Kier alpha value is -1.79. The van der Waals surface area contributed by atoms with Crippen LogP contribution < -0.4 is 5.32 Å². The molecule has 0 aromatic rings. The first-order chi connectivity index (χ1) is 11.3. The second kappa shape index (κ2) is 6.26. The molecule has 2 N–H and O–H groups in total. The van der Waals surface area contributed by atoms with Crippen molar-refractivity contribution in [3.8, 4) is 0 Å². The van der Waals surface area contributed by atoms with Crippen LogP contribution in [0.2, 0.25) is 0 Å². The molecule has 0 aromatic carbocycles. The second-order valence-corrected chi connectivity index (χ2v) is 7.72. The highest BCUT2D eigenvalue weighted by molar-refractivity contribution is 5.89. The molecule has 7 heteroatoms. The molecule has 3 amide bonds. The predicted molar refractivity (Wildman–Crippen MR) is 87.4 cm³/mol. The monoisotopic (exact) mass is 337 g/mol. The van der Waals surface area contributed by atoms with E-state index >= 15 is 0 Å². The van der Waals surface area contributed by atoms with Gasteiger partial charge in [-0.15, -0.1) is 0 Å². The average molecular weight is 337 g/mol. The highest BCUT2D eigenvalue weighted by atomic mass is 16.4. The minimum absolute atomic E-state index is 0.0234. The fourth-order valence-electron chi connectivity index (χ4n) is 4.61. The van der Waals surface area contributed by atoms with Gasteiger partial charge in [0.1, 0.15) is 6.04 Å². The molecule has 7 nitrogen and oxygen atoms in total. The number of hydrogen-bond acceptors (Lipinski definition) is 3. The van der Waals surface area contributed by atoms with E-state index in [4.69, 9.17) is 0 Å². The number of likely N-dealkylation sites (tertiary alicyclic amines) is 2. The molecule has 1 aliphatic carbocycles. The van der Waals surface area contributed by atoms with Gasteiger partial charge < -0.3 is 20.2 Å². The van der Waals surface area contributed by atoms with Crippen molar-refractivity contribution < 1.29 is 19.5 Å². The molecule has 0 aromatic heterocycles. The van der Waals surface area contributed by atoms with Crippen molar-refractivity contribution >= 4 is 17.9 Å². The van der Waals surface area contributed by atoms with Crippen LogP contribution in [-0.4, -0.2) is 64.5 Å². The molecule has 24 heavy (non-hydrogen) atoms. The quantitative estimate of drug-likeness (QED) is 0.812. The molecule has 0 unspecified atom stereocenters. The molecule has 0 radical (unpaired) electrons. The van der Waals surface area contributed by atoms with Crippen LogP contribution in [-0.2, 0) is 9.59 Å². The fraction of sp³-hybridized carbons (Fsp3) is 0.824. The predicted octanol–water partition coefficient (Wildman–Crippen LogP) is 1.28. The van der Waals surface area contributed by atoms with E-state index in [9.17, 15) is 19.5 Å². The zero-order chi connectivity index (χ0) is 17.5. The smallest absolute Gasteiger partial charge is 0.318 e. The van der Waals surface area contributed by atoms with Crippen molar-refractivity contribution in [2.24, 2.45) is 11.3 Å². The summed E-state index contributed by atoms with van der Waals surface area (Å²) in [6.45, 7) is 5.17. The molecule has 1 saturated carbocycles. The van der Waals surface area contributed by atoms with Crippen LogP contribution in [0, 0.1) is 11.3 Å². The van der Waals surface area contributed by atoms with Crippen LogP contribution in [0.4, 0.5) is 4.79 Å². The second-order valence-electron chi connectivity index (χ2n) is 7.72. The van der Waals surface area contributed by atoms with E-state index < -0.39 is 17.4 Å². The summed E-state index contributed by atoms with van der Waals surface area (Å²) in [5.41, 5.74) is -0.765. The van der Waals surface area contributed by atoms with Crippen LogP contribution in [0.25, 0.3) is 0 Å². The summed E-state index contributed by atoms with van der Waals surface area (Å²) >= 11 is 0. The molecule has 3 aliphatic rings. The number of amides is 3. The zero-order valence-corrected chi connectivity index (χ0v) is 14.5. The van der Waals surface area contributed by atoms with Gasteiger partial charge in [-0.3, -0.25) is 9.59 Å². The third-order valence-electron chi connectivity index (χ3n) is 5.82. The van der Waals surface area contributed by atoms with E-state index in [0.717, 1.165) is 19.3 Å². The van der Waals surface area contributed by atoms with E-state index in [-0.39, 0.29) is 23.9 Å². The van der Waals surface area contributed by atoms with E-state index in [1.807, 2.05) is 13.8 Å². The molecular formula is C17H27N3O4. The molecule has 2 heterocycles. The van der Waals surface area contributed by atoms with Gasteiger partial charge in [-0.2, -0.15) is 0 Å². The molecule has 0 bridgehead atoms. The Morgan fingerprint density at radius 1 is 1.21 bits per heavy atom. The molecule has 3 fully saturated rings. The average Bonchev–Trinajstić information content (AvgIpc) is 3.19. The van der Waals surface area contributed by atoms with E-state index in [2.05, 4.69) is 5.32 Å². The highest BCUT2D eigenvalue weighted by Crippen LogP contribution is 2.49. The van der Waals surface area contributed by atoms with E-state index in [0.29, 0.717) is 32.5 Å². The Labute approximate surface area is 142 Å². The lowest BCUT2D eigenvalue weighted by Crippen LogP contribution is -2.51. The summed E-state index contributed by atoms with van der Waals surface area (Å²) < 4.78 is 0. The lowest BCUT2D eigenvalue weighted by molar-refractivity contribution is -0.149. The van der Waals surface area contributed by atoms with Gasteiger partial charge in [0.05, 0.1) is 5.41 Å². The first kappa shape index (κ1) is 17.0. The number of fused-ring (bicyclic) bond motifs is 1. The van der Waals surface area contributed by atoms with Crippen LogP contribution in [0.3, 0.4) is 0 Å². The Morgan fingerprint density at radius 3 is 2.58 bits per heavy atom. The Bertz CT molecular complexity index is 550. The van der Waals surface area contributed by atoms with E-state index in [1.54, 1.807) is 9.80 Å². The van der Waals surface area contributed by atoms with Crippen molar-refractivity contribution in [1.82, 2.24) is 15.1 Å². The topological polar surface area (TPSA) is 90.0 Å². The molecule has 0 spiro atoms. The number of aliphatic carboxylic acids is 1. The molecule has 3 atom stereocenters. The number of carboxylic acid groups (broad SMARTS) is 1. The highest BCUT2D eigenvalue weighted by Gasteiger charge is 2.56. The summed E-state index contributed by atoms with van der Waals surface area (Å²) in [5.74, 6) is -0.805. The standard InChI is InChI=1S/C17H27N3O4/c1-11(2)18-16(24)20-8-4-6-13(20)14(21)19-9-12-5-3-7-17(12,10-19)15(22)23/h11-13H,3-10H2,1-2H3,(H,18,24)(H,22,23)/t12-,13-,17+/m0/s1. The third-order valence-corrected chi connectivity index (χ3v) is 5.82. The van der Waals surface area contributed by atoms with Crippen LogP contribution >= 0.6 is 0 Å². The molecular weight excluding hydrogens is 310 g/mol. The molecule has 2 saturated heterocycles. The molecule has 134 valence electrons. The van der Waals surface area contributed by atoms with Crippen molar-refractivity contribution in [2.75, 3.05) is 19.6 Å². The van der Waals surface area contributed by atoms with Crippen molar-refractivity contribution in [3.05, 3.63) is 0 Å². The summed E-state index contributed by atoms with van der Waals surface area (Å²) in [7, 11) is 0. The maximum atomic E-state index is 13.0. The van der Waals surface area contributed by atoms with Crippen LogP contribution in [0.15, 0.2) is 0 Å². The number of carbonyl (C=O) groups is 3. The van der Waals surface area contributed by atoms with E-state index in [1.165, 1.54) is 0 Å². The van der Waals surface area contributed by atoms with Gasteiger partial charge in [0.15, 0.2) is 0 Å². The first-order valence-electron chi connectivity index (χ1n) is 8.94. The van der Waals surface area contributed by atoms with Crippen LogP contribution in [0.1, 0.15) is 46.0 Å².